The standard InChI is InChI=1S/C34H28N2/c1-24(2)25-20-22-28(23-21-25)34-35-31-18-9-10-19-32(31)36(34)33-29(26-12-5-3-6-13-26)16-11-17-30(33)27-14-7-4-8-15-27/h3-24H,1-2H3. The molecule has 5 aromatic carbocycles. The first-order valence-corrected chi connectivity index (χ1v) is 12.5. The number of rotatable bonds is 5. The maximum absolute atomic E-state index is 5.17. The molecule has 2 nitrogen and oxygen atoms in total. The minimum absolute atomic E-state index is 0.487. The lowest BCUT2D eigenvalue weighted by Crippen LogP contribution is -2.03. The van der Waals surface area contributed by atoms with Crippen LogP contribution in [0.4, 0.5) is 0 Å². The third-order valence-electron chi connectivity index (χ3n) is 6.83. The number of para-hydroxylation sites is 3. The Morgan fingerprint density at radius 3 is 1.67 bits per heavy atom. The highest BCUT2D eigenvalue weighted by Gasteiger charge is 2.21. The summed E-state index contributed by atoms with van der Waals surface area (Å²) in [5, 5.41) is 0. The van der Waals surface area contributed by atoms with Crippen LogP contribution in [0.5, 0.6) is 0 Å². The quantitative estimate of drug-likeness (QED) is 0.249. The van der Waals surface area contributed by atoms with Crippen LogP contribution < -0.4 is 0 Å². The first-order valence-electron chi connectivity index (χ1n) is 12.5. The summed E-state index contributed by atoms with van der Waals surface area (Å²) in [4.78, 5) is 5.17. The van der Waals surface area contributed by atoms with Crippen LogP contribution in [0, 0.1) is 0 Å². The van der Waals surface area contributed by atoms with E-state index in [9.17, 15) is 0 Å². The molecule has 36 heavy (non-hydrogen) atoms. The summed E-state index contributed by atoms with van der Waals surface area (Å²) in [5.41, 5.74) is 10.4. The third-order valence-corrected chi connectivity index (χ3v) is 6.83. The molecule has 2 heteroatoms. The molecule has 0 spiro atoms. The molecule has 0 bridgehead atoms. The summed E-state index contributed by atoms with van der Waals surface area (Å²) in [7, 11) is 0. The first-order chi connectivity index (χ1) is 17.7. The number of hydrogen-bond donors (Lipinski definition) is 0. The van der Waals surface area contributed by atoms with Crippen LogP contribution in [0.25, 0.3) is 50.4 Å². The van der Waals surface area contributed by atoms with E-state index in [1.165, 1.54) is 27.8 Å². The van der Waals surface area contributed by atoms with E-state index in [4.69, 9.17) is 4.98 Å². The Morgan fingerprint density at radius 2 is 1.08 bits per heavy atom. The Labute approximate surface area is 212 Å². The molecule has 0 aliphatic carbocycles. The van der Waals surface area contributed by atoms with Crippen molar-refractivity contribution in [2.45, 2.75) is 19.8 Å². The van der Waals surface area contributed by atoms with Gasteiger partial charge in [0.15, 0.2) is 0 Å². The van der Waals surface area contributed by atoms with E-state index in [1.54, 1.807) is 0 Å². The zero-order chi connectivity index (χ0) is 24.5. The van der Waals surface area contributed by atoms with Gasteiger partial charge in [-0.3, -0.25) is 4.57 Å². The van der Waals surface area contributed by atoms with Gasteiger partial charge in [-0.15, -0.1) is 0 Å². The van der Waals surface area contributed by atoms with Crippen LogP contribution in [0.2, 0.25) is 0 Å². The fraction of sp³-hybridized carbons (Fsp3) is 0.0882. The molecule has 0 fully saturated rings. The lowest BCUT2D eigenvalue weighted by Gasteiger charge is -2.20. The second-order valence-electron chi connectivity index (χ2n) is 9.47. The SMILES string of the molecule is CC(C)c1ccc(-c2nc3ccccc3n2-c2c(-c3ccccc3)cccc2-c2ccccc2)cc1. The number of fused-ring (bicyclic) bond motifs is 1. The van der Waals surface area contributed by atoms with Gasteiger partial charge in [0.2, 0.25) is 0 Å². The van der Waals surface area contributed by atoms with Crippen LogP contribution in [0.15, 0.2) is 127 Å². The van der Waals surface area contributed by atoms with Crippen molar-refractivity contribution < 1.29 is 0 Å². The Kier molecular flexibility index (Phi) is 5.71. The molecule has 0 N–H and O–H groups in total. The van der Waals surface area contributed by atoms with E-state index in [2.05, 4.69) is 146 Å². The van der Waals surface area contributed by atoms with Crippen LogP contribution in [-0.4, -0.2) is 9.55 Å². The molecule has 1 aromatic heterocycles. The van der Waals surface area contributed by atoms with Gasteiger partial charge in [-0.1, -0.05) is 129 Å². The van der Waals surface area contributed by atoms with Crippen molar-refractivity contribution >= 4 is 11.0 Å². The number of imidazole rings is 1. The number of aromatic nitrogens is 2. The van der Waals surface area contributed by atoms with E-state index in [0.29, 0.717) is 5.92 Å². The molecule has 0 amide bonds. The minimum atomic E-state index is 0.487. The summed E-state index contributed by atoms with van der Waals surface area (Å²) in [5.74, 6) is 1.44. The van der Waals surface area contributed by atoms with Crippen molar-refractivity contribution in [2.24, 2.45) is 0 Å². The second-order valence-corrected chi connectivity index (χ2v) is 9.47. The van der Waals surface area contributed by atoms with Crippen molar-refractivity contribution in [3.05, 3.63) is 133 Å². The maximum Gasteiger partial charge on any atom is 0.145 e. The smallest absolute Gasteiger partial charge is 0.145 e. The van der Waals surface area contributed by atoms with Crippen molar-refractivity contribution in [1.29, 1.82) is 0 Å². The summed E-state index contributed by atoms with van der Waals surface area (Å²) < 4.78 is 2.35. The van der Waals surface area contributed by atoms with Gasteiger partial charge in [0.05, 0.1) is 16.7 Å². The molecule has 0 aliphatic heterocycles. The highest BCUT2D eigenvalue weighted by Crippen LogP contribution is 2.40. The molecule has 0 saturated carbocycles. The largest absolute Gasteiger partial charge is 0.291 e. The lowest BCUT2D eigenvalue weighted by molar-refractivity contribution is 0.867. The van der Waals surface area contributed by atoms with E-state index >= 15 is 0 Å². The van der Waals surface area contributed by atoms with Crippen molar-refractivity contribution in [2.75, 3.05) is 0 Å². The van der Waals surface area contributed by atoms with Gasteiger partial charge in [-0.2, -0.15) is 0 Å². The number of benzene rings is 5. The van der Waals surface area contributed by atoms with Crippen molar-refractivity contribution in [1.82, 2.24) is 9.55 Å². The summed E-state index contributed by atoms with van der Waals surface area (Å²) in [6.45, 7) is 4.46. The average molecular weight is 465 g/mol. The normalized spacial score (nSPS) is 11.3. The third kappa shape index (κ3) is 3.91. The molecule has 1 heterocycles. The van der Waals surface area contributed by atoms with Crippen molar-refractivity contribution in [3.8, 4) is 39.3 Å². The van der Waals surface area contributed by atoms with Gasteiger partial charge in [-0.25, -0.2) is 4.98 Å². The topological polar surface area (TPSA) is 17.8 Å². The molecular weight excluding hydrogens is 436 g/mol. The summed E-state index contributed by atoms with van der Waals surface area (Å²) in [6, 6.07) is 45.2. The Hall–Kier alpha value is -4.43. The van der Waals surface area contributed by atoms with Gasteiger partial charge >= 0.3 is 0 Å². The summed E-state index contributed by atoms with van der Waals surface area (Å²) in [6.07, 6.45) is 0. The Morgan fingerprint density at radius 1 is 0.528 bits per heavy atom. The van der Waals surface area contributed by atoms with Gasteiger partial charge in [0, 0.05) is 16.7 Å². The number of hydrogen-bond acceptors (Lipinski definition) is 1. The fourth-order valence-corrected chi connectivity index (χ4v) is 4.95. The fourth-order valence-electron chi connectivity index (χ4n) is 4.95. The molecule has 0 radical (unpaired) electrons. The Balaban J connectivity index is 1.71. The number of nitrogens with zero attached hydrogens (tertiary/aromatic N) is 2. The van der Waals surface area contributed by atoms with Crippen LogP contribution in [-0.2, 0) is 0 Å². The maximum atomic E-state index is 5.17. The van der Waals surface area contributed by atoms with Gasteiger partial charge in [-0.05, 0) is 34.7 Å². The van der Waals surface area contributed by atoms with Crippen molar-refractivity contribution in [3.63, 3.8) is 0 Å². The molecule has 0 saturated heterocycles. The van der Waals surface area contributed by atoms with Crippen LogP contribution in [0.1, 0.15) is 25.3 Å². The van der Waals surface area contributed by atoms with Gasteiger partial charge < -0.3 is 0 Å². The van der Waals surface area contributed by atoms with Crippen LogP contribution in [0.3, 0.4) is 0 Å². The van der Waals surface area contributed by atoms with E-state index in [-0.39, 0.29) is 0 Å². The van der Waals surface area contributed by atoms with Gasteiger partial charge in [0.25, 0.3) is 0 Å². The van der Waals surface area contributed by atoms with Gasteiger partial charge in [0.1, 0.15) is 5.82 Å². The van der Waals surface area contributed by atoms with E-state index in [0.717, 1.165) is 28.1 Å². The second kappa shape index (κ2) is 9.31. The first kappa shape index (κ1) is 22.1. The van der Waals surface area contributed by atoms with E-state index in [1.807, 2.05) is 0 Å². The molecule has 0 aliphatic rings. The zero-order valence-electron chi connectivity index (χ0n) is 20.6. The minimum Gasteiger partial charge on any atom is -0.291 e. The highest BCUT2D eigenvalue weighted by atomic mass is 15.1. The van der Waals surface area contributed by atoms with Crippen LogP contribution >= 0.6 is 0 Å². The monoisotopic (exact) mass is 464 g/mol. The lowest BCUT2D eigenvalue weighted by atomic mass is 9.95. The zero-order valence-corrected chi connectivity index (χ0v) is 20.6. The average Bonchev–Trinajstić information content (AvgIpc) is 3.33. The predicted octanol–water partition coefficient (Wildman–Crippen LogP) is 9.15. The molecule has 174 valence electrons. The molecule has 0 unspecified atom stereocenters. The highest BCUT2D eigenvalue weighted by molar-refractivity contribution is 5.92. The predicted molar refractivity (Wildman–Crippen MR) is 151 cm³/mol. The molecular formula is C34H28N2. The molecule has 6 rings (SSSR count). The summed E-state index contributed by atoms with van der Waals surface area (Å²) >= 11 is 0. The van der Waals surface area contributed by atoms with E-state index < -0.39 is 0 Å². The molecule has 0 atom stereocenters. The molecule has 6 aromatic rings. The Bertz CT molecular complexity index is 1570.